The van der Waals surface area contributed by atoms with E-state index < -0.39 is 0 Å². The Bertz CT molecular complexity index is 858. The minimum atomic E-state index is 0. The van der Waals surface area contributed by atoms with Crippen LogP contribution in [0.1, 0.15) is 43.7 Å². The van der Waals surface area contributed by atoms with Gasteiger partial charge in [0.2, 0.25) is 5.91 Å². The second-order valence-corrected chi connectivity index (χ2v) is 8.06. The van der Waals surface area contributed by atoms with E-state index in [0.717, 1.165) is 43.3 Å². The average molecular weight is 550 g/mol. The summed E-state index contributed by atoms with van der Waals surface area (Å²) in [5.74, 6) is 0.855. The third-order valence-corrected chi connectivity index (χ3v) is 5.60. The molecule has 1 amide bonds. The first-order chi connectivity index (χ1) is 15.2. The lowest BCUT2D eigenvalue weighted by Gasteiger charge is -2.25. The highest BCUT2D eigenvalue weighted by Crippen LogP contribution is 2.19. The summed E-state index contributed by atoms with van der Waals surface area (Å²) in [7, 11) is 1.80. The summed E-state index contributed by atoms with van der Waals surface area (Å²) < 4.78 is 0. The number of carbonyl (C=O) groups excluding carboxylic acids is 1. The van der Waals surface area contributed by atoms with Gasteiger partial charge in [0.1, 0.15) is 0 Å². The van der Waals surface area contributed by atoms with Crippen molar-refractivity contribution in [1.29, 1.82) is 0 Å². The average Bonchev–Trinajstić information content (AvgIpc) is 3.22. The lowest BCUT2D eigenvalue weighted by molar-refractivity contribution is -0.116. The number of rotatable bonds is 9. The molecule has 0 bridgehead atoms. The van der Waals surface area contributed by atoms with Crippen LogP contribution >= 0.6 is 24.0 Å². The van der Waals surface area contributed by atoms with Crippen LogP contribution in [-0.4, -0.2) is 42.9 Å². The molecule has 3 N–H and O–H groups in total. The SMILES string of the molecule is CCCC(=O)Nc1cccc(CNC(=NC)NCC2CCCN2Cc2ccccc2)c1.I. The first-order valence-electron chi connectivity index (χ1n) is 11.3. The number of halogens is 1. The van der Waals surface area contributed by atoms with Gasteiger partial charge in [0.15, 0.2) is 5.96 Å². The maximum atomic E-state index is 11.8. The molecule has 0 radical (unpaired) electrons. The Kier molecular flexibility index (Phi) is 11.5. The highest BCUT2D eigenvalue weighted by atomic mass is 127. The van der Waals surface area contributed by atoms with Gasteiger partial charge in [-0.25, -0.2) is 0 Å². The molecule has 1 atom stereocenters. The fourth-order valence-electron chi connectivity index (χ4n) is 3.98. The van der Waals surface area contributed by atoms with Gasteiger partial charge < -0.3 is 16.0 Å². The summed E-state index contributed by atoms with van der Waals surface area (Å²) in [5, 5.41) is 9.83. The molecule has 0 saturated carbocycles. The van der Waals surface area contributed by atoms with E-state index in [2.05, 4.69) is 56.2 Å². The fraction of sp³-hybridized carbons (Fsp3) is 0.440. The molecule has 6 nitrogen and oxygen atoms in total. The van der Waals surface area contributed by atoms with Gasteiger partial charge in [-0.05, 0) is 49.1 Å². The van der Waals surface area contributed by atoms with Crippen LogP contribution in [0.15, 0.2) is 59.6 Å². The van der Waals surface area contributed by atoms with E-state index >= 15 is 0 Å². The molecule has 3 rings (SSSR count). The number of nitrogens with zero attached hydrogens (tertiary/aromatic N) is 2. The number of likely N-dealkylation sites (tertiary alicyclic amines) is 1. The van der Waals surface area contributed by atoms with E-state index in [1.807, 2.05) is 31.2 Å². The molecule has 1 saturated heterocycles. The number of hydrogen-bond acceptors (Lipinski definition) is 3. The largest absolute Gasteiger partial charge is 0.355 e. The molecule has 0 aromatic heterocycles. The van der Waals surface area contributed by atoms with Crippen LogP contribution < -0.4 is 16.0 Å². The van der Waals surface area contributed by atoms with Crippen molar-refractivity contribution in [3.8, 4) is 0 Å². The molecular formula is C25H36IN5O. The molecule has 0 spiro atoms. The summed E-state index contributed by atoms with van der Waals surface area (Å²) in [6.07, 6.45) is 3.83. The number of hydrogen-bond donors (Lipinski definition) is 3. The van der Waals surface area contributed by atoms with E-state index in [1.165, 1.54) is 18.4 Å². The fourth-order valence-corrected chi connectivity index (χ4v) is 3.98. The number of benzene rings is 2. The van der Waals surface area contributed by atoms with Gasteiger partial charge in [0, 0.05) is 44.8 Å². The van der Waals surface area contributed by atoms with Crippen LogP contribution in [0.5, 0.6) is 0 Å². The van der Waals surface area contributed by atoms with E-state index in [0.29, 0.717) is 19.0 Å². The second kappa shape index (κ2) is 14.1. The number of aliphatic imine (C=N–C) groups is 1. The molecule has 7 heteroatoms. The Balaban J connectivity index is 0.00000363. The second-order valence-electron chi connectivity index (χ2n) is 8.06. The van der Waals surface area contributed by atoms with Crippen LogP contribution in [0.4, 0.5) is 5.69 Å². The number of nitrogens with one attached hydrogen (secondary N) is 3. The van der Waals surface area contributed by atoms with Crippen LogP contribution in [0, 0.1) is 0 Å². The highest BCUT2D eigenvalue weighted by molar-refractivity contribution is 14.0. The Morgan fingerprint density at radius 2 is 1.88 bits per heavy atom. The van der Waals surface area contributed by atoms with Gasteiger partial charge >= 0.3 is 0 Å². The normalized spacial score (nSPS) is 16.3. The van der Waals surface area contributed by atoms with Gasteiger partial charge in [-0.3, -0.25) is 14.7 Å². The molecule has 1 fully saturated rings. The van der Waals surface area contributed by atoms with Crippen LogP contribution in [0.25, 0.3) is 0 Å². The topological polar surface area (TPSA) is 68.8 Å². The lowest BCUT2D eigenvalue weighted by atomic mass is 10.2. The molecular weight excluding hydrogens is 513 g/mol. The van der Waals surface area contributed by atoms with E-state index in [4.69, 9.17) is 0 Å². The zero-order valence-electron chi connectivity index (χ0n) is 19.1. The molecule has 1 aliphatic rings. The number of amides is 1. The van der Waals surface area contributed by atoms with Crippen molar-refractivity contribution in [1.82, 2.24) is 15.5 Å². The van der Waals surface area contributed by atoms with Gasteiger partial charge in [-0.1, -0.05) is 49.4 Å². The molecule has 1 aliphatic heterocycles. The first-order valence-corrected chi connectivity index (χ1v) is 11.3. The first kappa shape index (κ1) is 26.1. The van der Waals surface area contributed by atoms with Crippen molar-refractivity contribution in [2.45, 2.75) is 51.7 Å². The quantitative estimate of drug-likeness (QED) is 0.247. The van der Waals surface area contributed by atoms with Crippen molar-refractivity contribution >= 4 is 41.5 Å². The van der Waals surface area contributed by atoms with Gasteiger partial charge in [0.25, 0.3) is 0 Å². The van der Waals surface area contributed by atoms with Crippen LogP contribution in [0.3, 0.4) is 0 Å². The van der Waals surface area contributed by atoms with Crippen molar-refractivity contribution in [2.75, 3.05) is 25.5 Å². The summed E-state index contributed by atoms with van der Waals surface area (Å²) >= 11 is 0. The Hall–Kier alpha value is -2.13. The molecule has 1 unspecified atom stereocenters. The van der Waals surface area contributed by atoms with E-state index in [1.54, 1.807) is 7.05 Å². The standard InChI is InChI=1S/C25H35N5O.HI/c1-3-9-24(31)29-22-13-7-12-21(16-22)17-27-25(26-2)28-18-23-14-8-15-30(23)19-20-10-5-4-6-11-20;/h4-7,10-13,16,23H,3,8-9,14-15,17-19H2,1-2H3,(H,29,31)(H2,26,27,28);1H. The summed E-state index contributed by atoms with van der Waals surface area (Å²) in [5.41, 5.74) is 3.30. The zero-order chi connectivity index (χ0) is 21.9. The molecule has 32 heavy (non-hydrogen) atoms. The predicted molar refractivity (Wildman–Crippen MR) is 143 cm³/mol. The summed E-state index contributed by atoms with van der Waals surface area (Å²) in [4.78, 5) is 18.8. The smallest absolute Gasteiger partial charge is 0.224 e. The third-order valence-electron chi connectivity index (χ3n) is 5.60. The van der Waals surface area contributed by atoms with Gasteiger partial charge in [-0.15, -0.1) is 24.0 Å². The van der Waals surface area contributed by atoms with Crippen molar-refractivity contribution in [3.63, 3.8) is 0 Å². The van der Waals surface area contributed by atoms with Gasteiger partial charge in [-0.2, -0.15) is 0 Å². The summed E-state index contributed by atoms with van der Waals surface area (Å²) in [6, 6.07) is 19.1. The van der Waals surface area contributed by atoms with Gasteiger partial charge in [0.05, 0.1) is 0 Å². The maximum Gasteiger partial charge on any atom is 0.224 e. The van der Waals surface area contributed by atoms with Crippen molar-refractivity contribution < 1.29 is 4.79 Å². The summed E-state index contributed by atoms with van der Waals surface area (Å²) in [6.45, 7) is 5.67. The number of guanidine groups is 1. The Morgan fingerprint density at radius 3 is 2.62 bits per heavy atom. The van der Waals surface area contributed by atoms with Crippen molar-refractivity contribution in [2.24, 2.45) is 4.99 Å². The minimum Gasteiger partial charge on any atom is -0.355 e. The van der Waals surface area contributed by atoms with Crippen LogP contribution in [0.2, 0.25) is 0 Å². The third kappa shape index (κ3) is 8.43. The monoisotopic (exact) mass is 549 g/mol. The predicted octanol–water partition coefficient (Wildman–Crippen LogP) is 4.37. The van der Waals surface area contributed by atoms with Crippen LogP contribution in [-0.2, 0) is 17.9 Å². The molecule has 174 valence electrons. The Morgan fingerprint density at radius 1 is 1.09 bits per heavy atom. The molecule has 2 aromatic carbocycles. The minimum absolute atomic E-state index is 0. The zero-order valence-corrected chi connectivity index (χ0v) is 21.5. The highest BCUT2D eigenvalue weighted by Gasteiger charge is 2.24. The lowest BCUT2D eigenvalue weighted by Crippen LogP contribution is -2.44. The van der Waals surface area contributed by atoms with Crippen molar-refractivity contribution in [3.05, 3.63) is 65.7 Å². The molecule has 1 heterocycles. The van der Waals surface area contributed by atoms with E-state index in [-0.39, 0.29) is 29.9 Å². The molecule has 0 aliphatic carbocycles. The maximum absolute atomic E-state index is 11.8. The number of anilines is 1. The van der Waals surface area contributed by atoms with E-state index in [9.17, 15) is 4.79 Å². The number of carbonyl (C=O) groups is 1. The molecule has 2 aromatic rings. The Labute approximate surface area is 209 Å².